The smallest absolute Gasteiger partial charge is 0.225 e. The van der Waals surface area contributed by atoms with Crippen molar-refractivity contribution in [3.8, 4) is 6.07 Å². The number of nitrogens with zero attached hydrogens (tertiary/aromatic N) is 1. The second-order valence-electron chi connectivity index (χ2n) is 2.82. The number of nitriles is 1. The van der Waals surface area contributed by atoms with E-state index in [2.05, 4.69) is 17.9 Å². The number of halogens is 1. The highest BCUT2D eigenvalue weighted by Gasteiger charge is 2.06. The fraction of sp³-hybridized carbons (Fsp3) is 0.200. The Morgan fingerprint density at radius 2 is 2.33 bits per heavy atom. The van der Waals surface area contributed by atoms with E-state index in [0.717, 1.165) is 0 Å². The van der Waals surface area contributed by atoms with Gasteiger partial charge in [-0.1, -0.05) is 11.6 Å². The first kappa shape index (κ1) is 11.9. The van der Waals surface area contributed by atoms with Crippen LogP contribution in [0, 0.1) is 11.3 Å². The van der Waals surface area contributed by atoms with Gasteiger partial charge in [-0.15, -0.1) is 0 Å². The molecule has 0 aromatic heterocycles. The quantitative estimate of drug-likeness (QED) is 0.798. The highest BCUT2D eigenvalue weighted by Crippen LogP contribution is 2.20. The SMILES string of the molecule is N#Cc1ccc(Cl)cc1NC(=O)CCS. The first-order valence-corrected chi connectivity index (χ1v) is 5.28. The van der Waals surface area contributed by atoms with Gasteiger partial charge in [0.25, 0.3) is 0 Å². The average molecular weight is 241 g/mol. The van der Waals surface area contributed by atoms with Crippen LogP contribution in [0.3, 0.4) is 0 Å². The largest absolute Gasteiger partial charge is 0.325 e. The summed E-state index contributed by atoms with van der Waals surface area (Å²) < 4.78 is 0. The molecule has 0 atom stereocenters. The number of carbonyl (C=O) groups is 1. The lowest BCUT2D eigenvalue weighted by atomic mass is 10.2. The van der Waals surface area contributed by atoms with E-state index in [-0.39, 0.29) is 5.91 Å². The molecule has 1 aromatic rings. The maximum Gasteiger partial charge on any atom is 0.225 e. The summed E-state index contributed by atoms with van der Waals surface area (Å²) in [5.41, 5.74) is 0.837. The molecule has 1 N–H and O–H groups in total. The molecule has 0 saturated carbocycles. The van der Waals surface area contributed by atoms with Crippen molar-refractivity contribution in [1.29, 1.82) is 5.26 Å². The summed E-state index contributed by atoms with van der Waals surface area (Å²) in [6.07, 6.45) is 0.306. The van der Waals surface area contributed by atoms with Crippen LogP contribution in [0.1, 0.15) is 12.0 Å². The molecule has 0 unspecified atom stereocenters. The fourth-order valence-corrected chi connectivity index (χ4v) is 1.41. The number of benzene rings is 1. The number of nitrogens with one attached hydrogen (secondary N) is 1. The van der Waals surface area contributed by atoms with Gasteiger partial charge in [0, 0.05) is 11.4 Å². The van der Waals surface area contributed by atoms with E-state index in [0.29, 0.717) is 28.4 Å². The molecule has 1 aromatic carbocycles. The van der Waals surface area contributed by atoms with Gasteiger partial charge in [0.05, 0.1) is 11.3 Å². The van der Waals surface area contributed by atoms with Crippen molar-refractivity contribution in [1.82, 2.24) is 0 Å². The number of hydrogen-bond acceptors (Lipinski definition) is 3. The fourth-order valence-electron chi connectivity index (χ4n) is 1.03. The first-order valence-electron chi connectivity index (χ1n) is 4.27. The van der Waals surface area contributed by atoms with Gasteiger partial charge in [-0.3, -0.25) is 4.79 Å². The Morgan fingerprint density at radius 3 is 2.93 bits per heavy atom. The molecule has 0 bridgehead atoms. The number of thiol groups is 1. The van der Waals surface area contributed by atoms with Crippen LogP contribution in [-0.2, 0) is 4.79 Å². The second kappa shape index (κ2) is 5.64. The van der Waals surface area contributed by atoms with Gasteiger partial charge in [0.2, 0.25) is 5.91 Å². The van der Waals surface area contributed by atoms with E-state index in [1.165, 1.54) is 0 Å². The molecular formula is C10H9ClN2OS. The van der Waals surface area contributed by atoms with Crippen LogP contribution in [0.2, 0.25) is 5.02 Å². The highest BCUT2D eigenvalue weighted by atomic mass is 35.5. The lowest BCUT2D eigenvalue weighted by molar-refractivity contribution is -0.115. The first-order chi connectivity index (χ1) is 7.17. The topological polar surface area (TPSA) is 52.9 Å². The zero-order chi connectivity index (χ0) is 11.3. The van der Waals surface area contributed by atoms with Crippen molar-refractivity contribution in [2.45, 2.75) is 6.42 Å². The van der Waals surface area contributed by atoms with E-state index in [4.69, 9.17) is 16.9 Å². The normalized spacial score (nSPS) is 9.40. The zero-order valence-corrected chi connectivity index (χ0v) is 9.48. The van der Waals surface area contributed by atoms with Crippen molar-refractivity contribution in [3.63, 3.8) is 0 Å². The predicted octanol–water partition coefficient (Wildman–Crippen LogP) is 2.47. The van der Waals surface area contributed by atoms with Gasteiger partial charge in [-0.2, -0.15) is 17.9 Å². The third-order valence-corrected chi connectivity index (χ3v) is 2.17. The Balaban J connectivity index is 2.88. The van der Waals surface area contributed by atoms with E-state index in [1.54, 1.807) is 18.2 Å². The lowest BCUT2D eigenvalue weighted by Gasteiger charge is -2.06. The monoisotopic (exact) mass is 240 g/mol. The molecule has 0 aliphatic heterocycles. The van der Waals surface area contributed by atoms with Crippen molar-refractivity contribution < 1.29 is 4.79 Å². The van der Waals surface area contributed by atoms with E-state index >= 15 is 0 Å². The van der Waals surface area contributed by atoms with Crippen molar-refractivity contribution in [3.05, 3.63) is 28.8 Å². The maximum absolute atomic E-state index is 11.3. The van der Waals surface area contributed by atoms with Gasteiger partial charge in [0.15, 0.2) is 0 Å². The van der Waals surface area contributed by atoms with Crippen molar-refractivity contribution >= 4 is 35.8 Å². The van der Waals surface area contributed by atoms with E-state index in [1.807, 2.05) is 6.07 Å². The minimum atomic E-state index is -0.177. The Labute approximate surface area is 98.5 Å². The molecule has 0 saturated heterocycles. The summed E-state index contributed by atoms with van der Waals surface area (Å²) in [4.78, 5) is 11.3. The van der Waals surface area contributed by atoms with Crippen LogP contribution < -0.4 is 5.32 Å². The van der Waals surface area contributed by atoms with Gasteiger partial charge in [0.1, 0.15) is 6.07 Å². The predicted molar refractivity (Wildman–Crippen MR) is 63.3 cm³/mol. The molecule has 0 spiro atoms. The molecule has 0 radical (unpaired) electrons. The third kappa shape index (κ3) is 3.46. The molecule has 0 fully saturated rings. The van der Waals surface area contributed by atoms with Crippen LogP contribution in [0.25, 0.3) is 0 Å². The Kier molecular flexibility index (Phi) is 4.47. The van der Waals surface area contributed by atoms with Crippen molar-refractivity contribution in [2.24, 2.45) is 0 Å². The molecule has 0 heterocycles. The van der Waals surface area contributed by atoms with Crippen LogP contribution in [0.4, 0.5) is 5.69 Å². The molecule has 1 rings (SSSR count). The van der Waals surface area contributed by atoms with Gasteiger partial charge >= 0.3 is 0 Å². The summed E-state index contributed by atoms with van der Waals surface area (Å²) in [5.74, 6) is 0.289. The Hall–Kier alpha value is -1.18. The van der Waals surface area contributed by atoms with Crippen LogP contribution >= 0.6 is 24.2 Å². The Morgan fingerprint density at radius 1 is 1.60 bits per heavy atom. The second-order valence-corrected chi connectivity index (χ2v) is 3.71. The number of hydrogen-bond donors (Lipinski definition) is 2. The standard InChI is InChI=1S/C10H9ClN2OS/c11-8-2-1-7(6-12)9(5-8)13-10(14)3-4-15/h1-2,5,15H,3-4H2,(H,13,14). The minimum absolute atomic E-state index is 0.177. The van der Waals surface area contributed by atoms with Crippen LogP contribution in [0.5, 0.6) is 0 Å². The molecule has 78 valence electrons. The van der Waals surface area contributed by atoms with Crippen LogP contribution in [0.15, 0.2) is 18.2 Å². The summed E-state index contributed by atoms with van der Waals surface area (Å²) in [7, 11) is 0. The lowest BCUT2D eigenvalue weighted by Crippen LogP contribution is -2.12. The number of amides is 1. The Bertz CT molecular complexity index is 414. The molecular weight excluding hydrogens is 232 g/mol. The maximum atomic E-state index is 11.3. The molecule has 5 heteroatoms. The van der Waals surface area contributed by atoms with Gasteiger partial charge in [-0.05, 0) is 24.0 Å². The van der Waals surface area contributed by atoms with Crippen LogP contribution in [-0.4, -0.2) is 11.7 Å². The minimum Gasteiger partial charge on any atom is -0.325 e. The summed E-state index contributed by atoms with van der Waals surface area (Å²) in [6, 6.07) is 6.70. The summed E-state index contributed by atoms with van der Waals surface area (Å²) >= 11 is 9.70. The molecule has 1 amide bonds. The highest BCUT2D eigenvalue weighted by molar-refractivity contribution is 7.80. The summed E-state index contributed by atoms with van der Waals surface area (Å²) in [5, 5.41) is 11.9. The number of rotatable bonds is 3. The molecule has 0 aliphatic rings. The molecule has 15 heavy (non-hydrogen) atoms. The number of anilines is 1. The summed E-state index contributed by atoms with van der Waals surface area (Å²) in [6.45, 7) is 0. The third-order valence-electron chi connectivity index (χ3n) is 1.72. The van der Waals surface area contributed by atoms with Gasteiger partial charge in [-0.25, -0.2) is 0 Å². The zero-order valence-electron chi connectivity index (χ0n) is 7.83. The molecule has 3 nitrogen and oxygen atoms in total. The van der Waals surface area contributed by atoms with E-state index in [9.17, 15) is 4.79 Å². The van der Waals surface area contributed by atoms with Gasteiger partial charge < -0.3 is 5.32 Å². The number of carbonyl (C=O) groups excluding carboxylic acids is 1. The van der Waals surface area contributed by atoms with Crippen molar-refractivity contribution in [2.75, 3.05) is 11.1 Å². The molecule has 0 aliphatic carbocycles. The van der Waals surface area contributed by atoms with E-state index < -0.39 is 0 Å². The average Bonchev–Trinajstić information content (AvgIpc) is 2.18.